The first-order chi connectivity index (χ1) is 6.86. The summed E-state index contributed by atoms with van der Waals surface area (Å²) in [7, 11) is 1.90. The molecule has 3 heteroatoms. The van der Waals surface area contributed by atoms with E-state index in [2.05, 4.69) is 29.4 Å². The van der Waals surface area contributed by atoms with Crippen LogP contribution in [0.3, 0.4) is 0 Å². The second-order valence-corrected chi connectivity index (χ2v) is 4.28. The molecule has 1 aromatic rings. The van der Waals surface area contributed by atoms with Gasteiger partial charge in [-0.1, -0.05) is 19.4 Å². The van der Waals surface area contributed by atoms with Crippen LogP contribution in [0, 0.1) is 0 Å². The van der Waals surface area contributed by atoms with Gasteiger partial charge in [-0.05, 0) is 24.3 Å². The molecule has 14 heavy (non-hydrogen) atoms. The monoisotopic (exact) mass is 210 g/mol. The molecule has 1 aromatic heterocycles. The molecule has 0 aromatic carbocycles. The Morgan fingerprint density at radius 1 is 1.43 bits per heavy atom. The zero-order chi connectivity index (χ0) is 10.2. The number of unbranched alkanes of at least 4 members (excludes halogenated alkanes) is 1. The van der Waals surface area contributed by atoms with Gasteiger partial charge in [-0.15, -0.1) is 0 Å². The highest BCUT2D eigenvalue weighted by Crippen LogP contribution is 2.13. The fraction of sp³-hybridized carbons (Fsp3) is 0.545. The molecule has 1 heterocycles. The van der Waals surface area contributed by atoms with Gasteiger partial charge in [0.05, 0.1) is 5.69 Å². The van der Waals surface area contributed by atoms with Gasteiger partial charge in [0.15, 0.2) is 0 Å². The van der Waals surface area contributed by atoms with Gasteiger partial charge in [0.25, 0.3) is 0 Å². The van der Waals surface area contributed by atoms with Crippen molar-refractivity contribution in [2.24, 2.45) is 0 Å². The number of rotatable bonds is 6. The molecule has 0 radical (unpaired) electrons. The number of nitrogens with one attached hydrogen (secondary N) is 1. The molecule has 2 nitrogen and oxygen atoms in total. The Kier molecular flexibility index (Phi) is 5.45. The zero-order valence-electron chi connectivity index (χ0n) is 8.92. The minimum atomic E-state index is 0.957. The maximum atomic E-state index is 4.46. The van der Waals surface area contributed by atoms with Crippen LogP contribution in [0.1, 0.15) is 25.5 Å². The van der Waals surface area contributed by atoms with E-state index in [0.717, 1.165) is 17.3 Å². The van der Waals surface area contributed by atoms with E-state index >= 15 is 0 Å². The molecule has 0 aliphatic rings. The van der Waals surface area contributed by atoms with E-state index in [-0.39, 0.29) is 0 Å². The second-order valence-electron chi connectivity index (χ2n) is 3.17. The first-order valence-corrected chi connectivity index (χ1v) is 6.23. The van der Waals surface area contributed by atoms with E-state index in [1.807, 2.05) is 24.9 Å². The van der Waals surface area contributed by atoms with Crippen LogP contribution in [0.25, 0.3) is 0 Å². The average Bonchev–Trinajstić information content (AvgIpc) is 2.25. The van der Waals surface area contributed by atoms with Gasteiger partial charge in [0, 0.05) is 12.8 Å². The van der Waals surface area contributed by atoms with Crippen LogP contribution in [-0.2, 0) is 5.75 Å². The summed E-state index contributed by atoms with van der Waals surface area (Å²) < 4.78 is 0. The van der Waals surface area contributed by atoms with Crippen molar-refractivity contribution >= 4 is 17.6 Å². The van der Waals surface area contributed by atoms with Gasteiger partial charge in [-0.3, -0.25) is 0 Å². The van der Waals surface area contributed by atoms with Crippen molar-refractivity contribution in [3.63, 3.8) is 0 Å². The van der Waals surface area contributed by atoms with Crippen molar-refractivity contribution in [1.29, 1.82) is 0 Å². The lowest BCUT2D eigenvalue weighted by molar-refractivity contribution is 0.895. The Bertz CT molecular complexity index is 263. The number of hydrogen-bond donors (Lipinski definition) is 1. The van der Waals surface area contributed by atoms with Crippen molar-refractivity contribution in [3.8, 4) is 0 Å². The zero-order valence-corrected chi connectivity index (χ0v) is 9.73. The third-order valence-corrected chi connectivity index (χ3v) is 3.03. The summed E-state index contributed by atoms with van der Waals surface area (Å²) >= 11 is 1.96. The van der Waals surface area contributed by atoms with Crippen molar-refractivity contribution in [3.05, 3.63) is 23.9 Å². The molecule has 0 saturated heterocycles. The van der Waals surface area contributed by atoms with Gasteiger partial charge >= 0.3 is 0 Å². The molecule has 0 saturated carbocycles. The molecule has 0 atom stereocenters. The summed E-state index contributed by atoms with van der Waals surface area (Å²) in [6, 6.07) is 6.12. The van der Waals surface area contributed by atoms with E-state index in [9.17, 15) is 0 Å². The van der Waals surface area contributed by atoms with Crippen LogP contribution < -0.4 is 5.32 Å². The summed E-state index contributed by atoms with van der Waals surface area (Å²) in [6.45, 7) is 2.22. The topological polar surface area (TPSA) is 24.9 Å². The Hall–Kier alpha value is -0.700. The van der Waals surface area contributed by atoms with Gasteiger partial charge in [-0.2, -0.15) is 11.8 Å². The Morgan fingerprint density at radius 2 is 2.29 bits per heavy atom. The Labute approximate surface area is 90.5 Å². The molecule has 0 spiro atoms. The molecule has 0 amide bonds. The lowest BCUT2D eigenvalue weighted by Gasteiger charge is -2.03. The van der Waals surface area contributed by atoms with Crippen LogP contribution in [0.2, 0.25) is 0 Å². The third kappa shape index (κ3) is 4.01. The van der Waals surface area contributed by atoms with Crippen LogP contribution in [0.4, 0.5) is 5.82 Å². The van der Waals surface area contributed by atoms with E-state index in [0.29, 0.717) is 0 Å². The number of pyridine rings is 1. The van der Waals surface area contributed by atoms with E-state index in [1.54, 1.807) is 0 Å². The van der Waals surface area contributed by atoms with Crippen LogP contribution in [0.15, 0.2) is 18.2 Å². The largest absolute Gasteiger partial charge is 0.373 e. The molecule has 0 bridgehead atoms. The van der Waals surface area contributed by atoms with Crippen LogP contribution in [0.5, 0.6) is 0 Å². The van der Waals surface area contributed by atoms with Crippen molar-refractivity contribution < 1.29 is 0 Å². The maximum Gasteiger partial charge on any atom is 0.125 e. The molecule has 0 fully saturated rings. The SMILES string of the molecule is CCCCSCc1cccc(NC)n1. The Morgan fingerprint density at radius 3 is 3.00 bits per heavy atom. The summed E-state index contributed by atoms with van der Waals surface area (Å²) in [4.78, 5) is 4.46. The molecule has 0 aliphatic carbocycles. The molecular formula is C11H18N2S. The summed E-state index contributed by atoms with van der Waals surface area (Å²) in [6.07, 6.45) is 2.58. The highest BCUT2D eigenvalue weighted by molar-refractivity contribution is 7.98. The molecule has 1 N–H and O–H groups in total. The minimum Gasteiger partial charge on any atom is -0.373 e. The first-order valence-electron chi connectivity index (χ1n) is 5.08. The number of nitrogens with zero attached hydrogens (tertiary/aromatic N) is 1. The standard InChI is InChI=1S/C11H18N2S/c1-3-4-8-14-9-10-6-5-7-11(12-2)13-10/h5-7H,3-4,8-9H2,1-2H3,(H,12,13). The third-order valence-electron chi connectivity index (χ3n) is 1.96. The van der Waals surface area contributed by atoms with Crippen molar-refractivity contribution in [1.82, 2.24) is 4.98 Å². The minimum absolute atomic E-state index is 0.957. The predicted molar refractivity (Wildman–Crippen MR) is 64.9 cm³/mol. The smallest absolute Gasteiger partial charge is 0.125 e. The van der Waals surface area contributed by atoms with Crippen molar-refractivity contribution in [2.45, 2.75) is 25.5 Å². The van der Waals surface area contributed by atoms with Gasteiger partial charge in [-0.25, -0.2) is 4.98 Å². The molecular weight excluding hydrogens is 192 g/mol. The normalized spacial score (nSPS) is 10.1. The van der Waals surface area contributed by atoms with Crippen molar-refractivity contribution in [2.75, 3.05) is 18.1 Å². The average molecular weight is 210 g/mol. The van der Waals surface area contributed by atoms with Gasteiger partial charge in [0.2, 0.25) is 0 Å². The maximum absolute atomic E-state index is 4.46. The van der Waals surface area contributed by atoms with E-state index in [1.165, 1.54) is 18.6 Å². The van der Waals surface area contributed by atoms with E-state index < -0.39 is 0 Å². The predicted octanol–water partition coefficient (Wildman–Crippen LogP) is 3.16. The van der Waals surface area contributed by atoms with Gasteiger partial charge < -0.3 is 5.32 Å². The van der Waals surface area contributed by atoms with E-state index in [4.69, 9.17) is 0 Å². The number of aromatic nitrogens is 1. The second kappa shape index (κ2) is 6.71. The van der Waals surface area contributed by atoms with Crippen LogP contribution >= 0.6 is 11.8 Å². The lowest BCUT2D eigenvalue weighted by atomic mass is 10.4. The summed E-state index contributed by atoms with van der Waals surface area (Å²) in [5, 5.41) is 3.05. The number of anilines is 1. The fourth-order valence-corrected chi connectivity index (χ4v) is 2.13. The highest BCUT2D eigenvalue weighted by atomic mass is 32.2. The molecule has 78 valence electrons. The highest BCUT2D eigenvalue weighted by Gasteiger charge is 1.96. The Balaban J connectivity index is 2.34. The number of thioether (sulfide) groups is 1. The van der Waals surface area contributed by atoms with Crippen LogP contribution in [-0.4, -0.2) is 17.8 Å². The van der Waals surface area contributed by atoms with Gasteiger partial charge in [0.1, 0.15) is 5.82 Å². The summed E-state index contributed by atoms with van der Waals surface area (Å²) in [5.41, 5.74) is 1.16. The molecule has 0 aliphatic heterocycles. The molecule has 1 rings (SSSR count). The quantitative estimate of drug-likeness (QED) is 0.730. The first kappa shape index (κ1) is 11.4. The summed E-state index contributed by atoms with van der Waals surface area (Å²) in [5.74, 6) is 3.22. The number of hydrogen-bond acceptors (Lipinski definition) is 3. The lowest BCUT2D eigenvalue weighted by Crippen LogP contribution is -1.95. The molecule has 0 unspecified atom stereocenters. The fourth-order valence-electron chi connectivity index (χ4n) is 1.12.